The Hall–Kier alpha value is -2.02. The molecule has 3 rings (SSSR count). The lowest BCUT2D eigenvalue weighted by molar-refractivity contribution is 0.0693. The van der Waals surface area contributed by atoms with Crippen molar-refractivity contribution < 1.29 is 18.7 Å². The van der Waals surface area contributed by atoms with E-state index in [1.54, 1.807) is 6.07 Å². The number of carboxylic acid groups (broad SMARTS) is 1. The molecule has 1 aromatic heterocycles. The second-order valence-electron chi connectivity index (χ2n) is 5.95. The summed E-state index contributed by atoms with van der Waals surface area (Å²) in [5, 5.41) is 9.36. The van der Waals surface area contributed by atoms with E-state index in [2.05, 4.69) is 15.9 Å². The summed E-state index contributed by atoms with van der Waals surface area (Å²) in [6, 6.07) is 4.22. The van der Waals surface area contributed by atoms with E-state index >= 15 is 0 Å². The lowest BCUT2D eigenvalue weighted by Crippen LogP contribution is -2.28. The molecular weight excluding hydrogens is 384 g/mol. The van der Waals surface area contributed by atoms with Crippen LogP contribution in [-0.2, 0) is 13.0 Å². The molecule has 0 unspecified atom stereocenters. The Bertz CT molecular complexity index is 875. The zero-order valence-electron chi connectivity index (χ0n) is 12.6. The fourth-order valence-corrected chi connectivity index (χ4v) is 2.93. The zero-order valence-corrected chi connectivity index (χ0v) is 14.1. The Morgan fingerprint density at radius 2 is 2.04 bits per heavy atom. The molecule has 1 aliphatic carbocycles. The quantitative estimate of drug-likeness (QED) is 0.838. The summed E-state index contributed by atoms with van der Waals surface area (Å²) in [4.78, 5) is 23.6. The number of carboxylic acids is 1. The Morgan fingerprint density at radius 3 is 2.62 bits per heavy atom. The second-order valence-corrected chi connectivity index (χ2v) is 6.87. The van der Waals surface area contributed by atoms with Gasteiger partial charge in [0, 0.05) is 29.2 Å². The summed E-state index contributed by atoms with van der Waals surface area (Å²) in [6.45, 7) is 0.308. The summed E-state index contributed by atoms with van der Waals surface area (Å²) in [7, 11) is 0. The second kappa shape index (κ2) is 6.47. The molecule has 7 heteroatoms. The molecule has 0 bridgehead atoms. The molecule has 1 fully saturated rings. The van der Waals surface area contributed by atoms with Gasteiger partial charge in [0.15, 0.2) is 5.82 Å². The van der Waals surface area contributed by atoms with Crippen LogP contribution in [0.1, 0.15) is 34.3 Å². The maximum absolute atomic E-state index is 14.5. The average Bonchev–Trinajstić information content (AvgIpc) is 3.32. The number of aromatic nitrogens is 1. The molecule has 1 N–H and O–H groups in total. The molecule has 0 amide bonds. The predicted molar refractivity (Wildman–Crippen MR) is 87.2 cm³/mol. The van der Waals surface area contributed by atoms with Crippen LogP contribution in [0.5, 0.6) is 0 Å². The Balaban J connectivity index is 2.06. The first-order valence-corrected chi connectivity index (χ1v) is 8.25. The van der Waals surface area contributed by atoms with Gasteiger partial charge >= 0.3 is 5.97 Å². The topological polar surface area (TPSA) is 59.3 Å². The van der Waals surface area contributed by atoms with Crippen molar-refractivity contribution in [2.24, 2.45) is 5.92 Å². The number of rotatable bonds is 5. The highest BCUT2D eigenvalue weighted by atomic mass is 79.9. The summed E-state index contributed by atoms with van der Waals surface area (Å²) >= 11 is 3.12. The van der Waals surface area contributed by atoms with Crippen LogP contribution in [0.4, 0.5) is 8.78 Å². The van der Waals surface area contributed by atoms with E-state index in [1.807, 2.05) is 0 Å². The van der Waals surface area contributed by atoms with Crippen LogP contribution in [0.2, 0.25) is 0 Å². The standard InChI is InChI=1S/C17H14BrF2NO3/c18-11-4-3-10(14(19)6-11)5-12-13(17(23)24)8-21(7-9-1-2-9)16(22)15(12)20/h3-4,6,8-9H,1-2,5,7H2,(H,23,24). The number of hydrogen-bond donors (Lipinski definition) is 1. The van der Waals surface area contributed by atoms with Crippen molar-refractivity contribution in [3.8, 4) is 0 Å². The molecule has 126 valence electrons. The summed E-state index contributed by atoms with van der Waals surface area (Å²) < 4.78 is 30.1. The number of carbonyl (C=O) groups is 1. The predicted octanol–water partition coefficient (Wildman–Crippen LogP) is 3.59. The van der Waals surface area contributed by atoms with Gasteiger partial charge in [-0.2, -0.15) is 0 Å². The highest BCUT2D eigenvalue weighted by molar-refractivity contribution is 9.10. The van der Waals surface area contributed by atoms with Crippen LogP contribution in [0.25, 0.3) is 0 Å². The number of aromatic carboxylic acids is 1. The van der Waals surface area contributed by atoms with Gasteiger partial charge in [-0.1, -0.05) is 22.0 Å². The minimum atomic E-state index is -1.34. The van der Waals surface area contributed by atoms with Crippen LogP contribution >= 0.6 is 15.9 Å². The van der Waals surface area contributed by atoms with E-state index in [4.69, 9.17) is 0 Å². The number of hydrogen-bond acceptors (Lipinski definition) is 2. The third-order valence-electron chi connectivity index (χ3n) is 4.09. The zero-order chi connectivity index (χ0) is 17.4. The van der Waals surface area contributed by atoms with Crippen molar-refractivity contribution in [3.63, 3.8) is 0 Å². The highest BCUT2D eigenvalue weighted by Crippen LogP contribution is 2.30. The van der Waals surface area contributed by atoms with Crippen molar-refractivity contribution in [2.45, 2.75) is 25.8 Å². The summed E-state index contributed by atoms with van der Waals surface area (Å²) in [5.74, 6) is -2.77. The van der Waals surface area contributed by atoms with Crippen LogP contribution < -0.4 is 5.56 Å². The van der Waals surface area contributed by atoms with E-state index in [0.29, 0.717) is 16.9 Å². The monoisotopic (exact) mass is 397 g/mol. The van der Waals surface area contributed by atoms with Crippen LogP contribution in [-0.4, -0.2) is 15.6 Å². The van der Waals surface area contributed by atoms with E-state index in [-0.39, 0.29) is 23.1 Å². The molecule has 1 heterocycles. The first-order valence-electron chi connectivity index (χ1n) is 7.46. The van der Waals surface area contributed by atoms with E-state index in [1.165, 1.54) is 12.1 Å². The molecule has 0 saturated heterocycles. The van der Waals surface area contributed by atoms with Crippen molar-refractivity contribution in [1.29, 1.82) is 0 Å². The van der Waals surface area contributed by atoms with Crippen molar-refractivity contribution in [1.82, 2.24) is 4.57 Å². The van der Waals surface area contributed by atoms with Gasteiger partial charge in [-0.25, -0.2) is 13.6 Å². The smallest absolute Gasteiger partial charge is 0.337 e. The molecule has 2 aromatic rings. The number of benzene rings is 1. The molecule has 0 aliphatic heterocycles. The molecule has 1 aliphatic rings. The molecular formula is C17H14BrF2NO3. The summed E-state index contributed by atoms with van der Waals surface area (Å²) in [6.07, 6.45) is 2.76. The van der Waals surface area contributed by atoms with Gasteiger partial charge in [0.05, 0.1) is 5.56 Å². The van der Waals surface area contributed by atoms with Gasteiger partial charge in [-0.15, -0.1) is 0 Å². The first kappa shape index (κ1) is 16.8. The SMILES string of the molecule is O=C(O)c1cn(CC2CC2)c(=O)c(F)c1Cc1ccc(Br)cc1F. The molecule has 1 aromatic carbocycles. The van der Waals surface area contributed by atoms with Crippen molar-refractivity contribution >= 4 is 21.9 Å². The molecule has 0 radical (unpaired) electrons. The van der Waals surface area contributed by atoms with Crippen molar-refractivity contribution in [2.75, 3.05) is 0 Å². The minimum absolute atomic E-state index is 0.124. The number of nitrogens with zero attached hydrogens (tertiary/aromatic N) is 1. The van der Waals surface area contributed by atoms with Gasteiger partial charge in [0.1, 0.15) is 5.82 Å². The molecule has 1 saturated carbocycles. The normalized spacial score (nSPS) is 14.0. The molecule has 0 spiro atoms. The minimum Gasteiger partial charge on any atom is -0.478 e. The van der Waals surface area contributed by atoms with Crippen LogP contribution in [0.3, 0.4) is 0 Å². The van der Waals surface area contributed by atoms with Gasteiger partial charge in [0.2, 0.25) is 0 Å². The van der Waals surface area contributed by atoms with Gasteiger partial charge < -0.3 is 9.67 Å². The Kier molecular flexibility index (Phi) is 4.54. The Labute approximate surface area is 144 Å². The van der Waals surface area contributed by atoms with Crippen LogP contribution in [0.15, 0.2) is 33.7 Å². The number of pyridine rings is 1. The lowest BCUT2D eigenvalue weighted by Gasteiger charge is -2.12. The number of halogens is 3. The average molecular weight is 398 g/mol. The third kappa shape index (κ3) is 3.40. The van der Waals surface area contributed by atoms with Gasteiger partial charge in [0.25, 0.3) is 5.56 Å². The highest BCUT2D eigenvalue weighted by Gasteiger charge is 2.26. The van der Waals surface area contributed by atoms with E-state index < -0.39 is 23.2 Å². The largest absolute Gasteiger partial charge is 0.478 e. The maximum atomic E-state index is 14.5. The van der Waals surface area contributed by atoms with Crippen molar-refractivity contribution in [3.05, 3.63) is 67.5 Å². The van der Waals surface area contributed by atoms with Crippen LogP contribution in [0, 0.1) is 17.6 Å². The lowest BCUT2D eigenvalue weighted by atomic mass is 10.0. The molecule has 4 nitrogen and oxygen atoms in total. The molecule has 24 heavy (non-hydrogen) atoms. The third-order valence-corrected chi connectivity index (χ3v) is 4.58. The van der Waals surface area contributed by atoms with E-state index in [0.717, 1.165) is 23.6 Å². The first-order chi connectivity index (χ1) is 11.4. The fourth-order valence-electron chi connectivity index (χ4n) is 2.59. The van der Waals surface area contributed by atoms with Gasteiger partial charge in [-0.05, 0) is 36.5 Å². The van der Waals surface area contributed by atoms with E-state index in [9.17, 15) is 23.5 Å². The Morgan fingerprint density at radius 1 is 1.33 bits per heavy atom. The fraction of sp³-hybridized carbons (Fsp3) is 0.294. The summed E-state index contributed by atoms with van der Waals surface area (Å²) in [5.41, 5.74) is -1.34. The molecule has 0 atom stereocenters. The maximum Gasteiger partial charge on any atom is 0.337 e. The van der Waals surface area contributed by atoms with Gasteiger partial charge in [-0.3, -0.25) is 4.79 Å².